The molecule has 1 fully saturated rings. The van der Waals surface area contributed by atoms with Crippen molar-refractivity contribution in [3.05, 3.63) is 72.1 Å². The SMILES string of the molecule is N#CCCN1CCN(C(=O)c2ccc(-c3cnc(N)c(C(=O)Nc4ccccc4)n3)cc2)CC1.[HH].[HH].[HH]. The van der Waals surface area contributed by atoms with Crippen LogP contribution in [0, 0.1) is 11.3 Å². The Morgan fingerprint density at radius 3 is 2.44 bits per heavy atom. The van der Waals surface area contributed by atoms with Crippen LogP contribution in [-0.4, -0.2) is 64.3 Å². The van der Waals surface area contributed by atoms with E-state index in [9.17, 15) is 9.59 Å². The molecule has 0 bridgehead atoms. The van der Waals surface area contributed by atoms with Crippen LogP contribution < -0.4 is 11.1 Å². The molecule has 2 heterocycles. The second-order valence-electron chi connectivity index (χ2n) is 7.93. The second kappa shape index (κ2) is 10.6. The predicted molar refractivity (Wildman–Crippen MR) is 135 cm³/mol. The molecular weight excluding hydrogens is 430 g/mol. The standard InChI is InChI=1S/C25H25N7O2.3H2/c26-11-4-12-31-13-15-32(16-14-31)25(34)19-9-7-18(8-10-19)21-17-28-23(27)22(30-21)24(33)29-20-5-2-1-3-6-20;;;/h1-3,5-10,17H,4,12-16H2,(H2,27,28)(H,29,33);3*1H. The Morgan fingerprint density at radius 1 is 1.06 bits per heavy atom. The van der Waals surface area contributed by atoms with E-state index in [1.54, 1.807) is 36.4 Å². The number of benzene rings is 2. The summed E-state index contributed by atoms with van der Waals surface area (Å²) in [4.78, 5) is 38.1. The van der Waals surface area contributed by atoms with E-state index in [0.717, 1.165) is 25.2 Å². The van der Waals surface area contributed by atoms with Crippen molar-refractivity contribution in [3.63, 3.8) is 0 Å². The fourth-order valence-corrected chi connectivity index (χ4v) is 3.77. The van der Waals surface area contributed by atoms with Gasteiger partial charge >= 0.3 is 0 Å². The zero-order chi connectivity index (χ0) is 23.9. The molecule has 34 heavy (non-hydrogen) atoms. The van der Waals surface area contributed by atoms with Crippen LogP contribution in [0.4, 0.5) is 11.5 Å². The number of hydrogen-bond donors (Lipinski definition) is 2. The molecule has 2 amide bonds. The van der Waals surface area contributed by atoms with E-state index in [1.165, 1.54) is 6.20 Å². The molecule has 4 rings (SSSR count). The zero-order valence-corrected chi connectivity index (χ0v) is 18.6. The smallest absolute Gasteiger partial charge is 0.278 e. The van der Waals surface area contributed by atoms with E-state index in [4.69, 9.17) is 11.0 Å². The van der Waals surface area contributed by atoms with Gasteiger partial charge in [-0.3, -0.25) is 14.5 Å². The van der Waals surface area contributed by atoms with Crippen LogP contribution in [-0.2, 0) is 0 Å². The number of amides is 2. The number of nitrogens with one attached hydrogen (secondary N) is 1. The molecule has 1 saturated heterocycles. The maximum absolute atomic E-state index is 12.9. The predicted octanol–water partition coefficient (Wildman–Crippen LogP) is 3.39. The minimum absolute atomic E-state index is 0. The van der Waals surface area contributed by atoms with Crippen LogP contribution >= 0.6 is 0 Å². The van der Waals surface area contributed by atoms with Crippen molar-refractivity contribution in [2.24, 2.45) is 0 Å². The van der Waals surface area contributed by atoms with Crippen molar-refractivity contribution in [2.45, 2.75) is 6.42 Å². The molecule has 0 aliphatic carbocycles. The van der Waals surface area contributed by atoms with Gasteiger partial charge in [0, 0.05) is 60.2 Å². The topological polar surface area (TPSA) is 128 Å². The monoisotopic (exact) mass is 461 g/mol. The molecule has 3 aromatic rings. The van der Waals surface area contributed by atoms with Gasteiger partial charge in [0.1, 0.15) is 0 Å². The molecule has 9 nitrogen and oxygen atoms in total. The average Bonchev–Trinajstić information content (AvgIpc) is 2.88. The molecule has 0 unspecified atom stereocenters. The summed E-state index contributed by atoms with van der Waals surface area (Å²) in [6.07, 6.45) is 2.00. The summed E-state index contributed by atoms with van der Waals surface area (Å²) in [6, 6.07) is 18.3. The lowest BCUT2D eigenvalue weighted by Gasteiger charge is -2.34. The van der Waals surface area contributed by atoms with Gasteiger partial charge in [-0.15, -0.1) is 0 Å². The van der Waals surface area contributed by atoms with Crippen molar-refractivity contribution in [2.75, 3.05) is 43.8 Å². The summed E-state index contributed by atoms with van der Waals surface area (Å²) < 4.78 is 0. The number of nitrogen functional groups attached to an aromatic ring is 1. The van der Waals surface area contributed by atoms with E-state index in [0.29, 0.717) is 36.5 Å². The zero-order valence-electron chi connectivity index (χ0n) is 18.6. The van der Waals surface area contributed by atoms with E-state index in [-0.39, 0.29) is 21.7 Å². The van der Waals surface area contributed by atoms with Crippen molar-refractivity contribution < 1.29 is 13.9 Å². The lowest BCUT2D eigenvalue weighted by molar-refractivity contribution is 0.0639. The van der Waals surface area contributed by atoms with Crippen LogP contribution in [0.3, 0.4) is 0 Å². The molecule has 1 aromatic heterocycles. The molecule has 1 aliphatic rings. The van der Waals surface area contributed by atoms with Crippen LogP contribution in [0.2, 0.25) is 0 Å². The minimum atomic E-state index is -0.446. The highest BCUT2D eigenvalue weighted by atomic mass is 16.2. The number of carbonyl (C=O) groups excluding carboxylic acids is 2. The average molecular weight is 462 g/mol. The highest BCUT2D eigenvalue weighted by Gasteiger charge is 2.22. The van der Waals surface area contributed by atoms with Gasteiger partial charge in [-0.1, -0.05) is 30.3 Å². The maximum atomic E-state index is 12.9. The summed E-state index contributed by atoms with van der Waals surface area (Å²) >= 11 is 0. The van der Waals surface area contributed by atoms with E-state index < -0.39 is 5.91 Å². The van der Waals surface area contributed by atoms with Gasteiger partial charge < -0.3 is 16.0 Å². The molecule has 3 N–H and O–H groups in total. The Balaban J connectivity index is 0.00000228. The third-order valence-corrected chi connectivity index (χ3v) is 5.67. The van der Waals surface area contributed by atoms with E-state index in [2.05, 4.69) is 26.3 Å². The summed E-state index contributed by atoms with van der Waals surface area (Å²) in [5.74, 6) is -0.436. The Morgan fingerprint density at radius 2 is 1.76 bits per heavy atom. The lowest BCUT2D eigenvalue weighted by atomic mass is 10.1. The number of nitriles is 1. The molecule has 2 aromatic carbocycles. The summed E-state index contributed by atoms with van der Waals surface area (Å²) in [5, 5.41) is 11.5. The lowest BCUT2D eigenvalue weighted by Crippen LogP contribution is -2.48. The molecule has 1 aliphatic heterocycles. The Bertz CT molecular complexity index is 1210. The van der Waals surface area contributed by atoms with Gasteiger partial charge in [-0.25, -0.2) is 9.97 Å². The molecule has 178 valence electrons. The van der Waals surface area contributed by atoms with Gasteiger partial charge in [0.25, 0.3) is 11.8 Å². The van der Waals surface area contributed by atoms with E-state index >= 15 is 0 Å². The summed E-state index contributed by atoms with van der Waals surface area (Å²) in [6.45, 7) is 3.53. The molecule has 0 atom stereocenters. The first-order valence-electron chi connectivity index (χ1n) is 11.0. The largest absolute Gasteiger partial charge is 0.382 e. The van der Waals surface area contributed by atoms with E-state index in [1.807, 2.05) is 23.1 Å². The third-order valence-electron chi connectivity index (χ3n) is 5.67. The van der Waals surface area contributed by atoms with Gasteiger partial charge in [-0.2, -0.15) is 5.26 Å². The Hall–Kier alpha value is -4.29. The Labute approximate surface area is 202 Å². The molecule has 9 heteroatoms. The highest BCUT2D eigenvalue weighted by molar-refractivity contribution is 6.06. The summed E-state index contributed by atoms with van der Waals surface area (Å²) in [5.41, 5.74) is 8.36. The van der Waals surface area contributed by atoms with Crippen LogP contribution in [0.1, 0.15) is 31.5 Å². The fourth-order valence-electron chi connectivity index (χ4n) is 3.77. The summed E-state index contributed by atoms with van der Waals surface area (Å²) in [7, 11) is 0. The van der Waals surface area contributed by atoms with Gasteiger partial charge in [0.05, 0.1) is 18.0 Å². The number of para-hydroxylation sites is 1. The van der Waals surface area contributed by atoms with Crippen LogP contribution in [0.5, 0.6) is 0 Å². The Kier molecular flexibility index (Phi) is 7.10. The molecular formula is C25H31N7O2. The number of hydrogen-bond acceptors (Lipinski definition) is 7. The fraction of sp³-hybridized carbons (Fsp3) is 0.240. The molecule has 0 radical (unpaired) electrons. The number of nitrogens with zero attached hydrogens (tertiary/aromatic N) is 5. The van der Waals surface area contributed by atoms with Crippen LogP contribution in [0.25, 0.3) is 11.3 Å². The highest BCUT2D eigenvalue weighted by Crippen LogP contribution is 2.21. The maximum Gasteiger partial charge on any atom is 0.278 e. The number of rotatable bonds is 6. The minimum Gasteiger partial charge on any atom is -0.382 e. The van der Waals surface area contributed by atoms with Crippen molar-refractivity contribution in [1.82, 2.24) is 19.8 Å². The van der Waals surface area contributed by atoms with Gasteiger partial charge in [0.15, 0.2) is 11.5 Å². The first-order valence-corrected chi connectivity index (χ1v) is 11.0. The quantitative estimate of drug-likeness (QED) is 0.576. The van der Waals surface area contributed by atoms with Gasteiger partial charge in [-0.05, 0) is 24.3 Å². The first-order chi connectivity index (χ1) is 16.5. The first kappa shape index (κ1) is 22.9. The number of anilines is 2. The number of piperazine rings is 1. The molecule has 0 saturated carbocycles. The normalized spacial score (nSPS) is 13.8. The number of nitrogens with two attached hydrogens (primary N) is 1. The van der Waals surface area contributed by atoms with Crippen molar-refractivity contribution >= 4 is 23.3 Å². The van der Waals surface area contributed by atoms with Gasteiger partial charge in [0.2, 0.25) is 0 Å². The number of aromatic nitrogens is 2. The third kappa shape index (κ3) is 5.36. The number of carbonyl (C=O) groups is 2. The second-order valence-corrected chi connectivity index (χ2v) is 7.93. The van der Waals surface area contributed by atoms with Crippen molar-refractivity contribution in [3.8, 4) is 17.3 Å². The molecule has 0 spiro atoms. The van der Waals surface area contributed by atoms with Crippen LogP contribution in [0.15, 0.2) is 60.8 Å². The van der Waals surface area contributed by atoms with Crippen molar-refractivity contribution in [1.29, 1.82) is 5.26 Å².